The third-order valence-electron chi connectivity index (χ3n) is 3.38. The fourth-order valence-electron chi connectivity index (χ4n) is 2.51. The predicted molar refractivity (Wildman–Crippen MR) is 66.0 cm³/mol. The Morgan fingerprint density at radius 3 is 3.00 bits per heavy atom. The Morgan fingerprint density at radius 2 is 2.17 bits per heavy atom. The molecule has 18 heavy (non-hydrogen) atoms. The number of aromatic nitrogens is 1. The summed E-state index contributed by atoms with van der Waals surface area (Å²) < 4.78 is 13.1. The molecule has 3 heteroatoms. The van der Waals surface area contributed by atoms with Crippen LogP contribution < -0.4 is 0 Å². The molecule has 0 aliphatic heterocycles. The number of carbonyl (C=O) groups excluding carboxylic acids is 1. The fourth-order valence-corrected chi connectivity index (χ4v) is 2.51. The number of hydrogen-bond donors (Lipinski definition) is 0. The maximum absolute atomic E-state index is 13.1. The van der Waals surface area contributed by atoms with Gasteiger partial charge in [-0.3, -0.25) is 9.78 Å². The highest BCUT2D eigenvalue weighted by Crippen LogP contribution is 2.33. The molecule has 1 aliphatic rings. The van der Waals surface area contributed by atoms with Gasteiger partial charge in [-0.2, -0.15) is 0 Å². The van der Waals surface area contributed by atoms with Crippen molar-refractivity contribution in [1.29, 1.82) is 0 Å². The molecule has 0 spiro atoms. The standard InChI is InChI=1S/C15H12FNO/c16-12-5-1-3-11(9-12)15(18)13-7-6-10-4-2-8-17-14(10)13/h1-5,8-9,13H,6-7H2. The molecule has 2 nitrogen and oxygen atoms in total. The van der Waals surface area contributed by atoms with Crippen LogP contribution in [0.5, 0.6) is 0 Å². The number of hydrogen-bond acceptors (Lipinski definition) is 2. The highest BCUT2D eigenvalue weighted by Gasteiger charge is 2.30. The minimum atomic E-state index is -0.375. The molecule has 0 amide bonds. The number of aryl methyl sites for hydroxylation is 1. The van der Waals surface area contributed by atoms with E-state index in [0.29, 0.717) is 5.56 Å². The number of rotatable bonds is 2. The van der Waals surface area contributed by atoms with Crippen LogP contribution in [-0.2, 0) is 6.42 Å². The second-order valence-corrected chi connectivity index (χ2v) is 4.51. The van der Waals surface area contributed by atoms with Gasteiger partial charge in [0, 0.05) is 11.8 Å². The maximum atomic E-state index is 13.1. The van der Waals surface area contributed by atoms with Gasteiger partial charge >= 0.3 is 0 Å². The summed E-state index contributed by atoms with van der Waals surface area (Å²) in [6.07, 6.45) is 3.34. The van der Waals surface area contributed by atoms with Crippen LogP contribution in [-0.4, -0.2) is 10.8 Å². The normalized spacial score (nSPS) is 17.5. The summed E-state index contributed by atoms with van der Waals surface area (Å²) >= 11 is 0. The van der Waals surface area contributed by atoms with Gasteiger partial charge in [0.15, 0.2) is 5.78 Å². The van der Waals surface area contributed by atoms with Crippen LogP contribution in [0.25, 0.3) is 0 Å². The Bertz CT molecular complexity index is 609. The molecule has 0 radical (unpaired) electrons. The topological polar surface area (TPSA) is 30.0 Å². The Hall–Kier alpha value is -2.03. The Kier molecular flexibility index (Phi) is 2.67. The van der Waals surface area contributed by atoms with Crippen LogP contribution in [0.4, 0.5) is 4.39 Å². The first-order chi connectivity index (χ1) is 8.75. The van der Waals surface area contributed by atoms with Crippen molar-refractivity contribution in [1.82, 2.24) is 4.98 Å². The first-order valence-corrected chi connectivity index (χ1v) is 5.99. The van der Waals surface area contributed by atoms with Crippen molar-refractivity contribution in [2.24, 2.45) is 0 Å². The summed E-state index contributed by atoms with van der Waals surface area (Å²) in [5, 5.41) is 0. The first-order valence-electron chi connectivity index (χ1n) is 5.99. The molecule has 2 aromatic rings. The molecule has 0 saturated heterocycles. The van der Waals surface area contributed by atoms with E-state index < -0.39 is 0 Å². The van der Waals surface area contributed by atoms with Crippen molar-refractivity contribution in [2.45, 2.75) is 18.8 Å². The van der Waals surface area contributed by atoms with Crippen molar-refractivity contribution in [3.05, 3.63) is 65.2 Å². The van der Waals surface area contributed by atoms with Crippen LogP contribution >= 0.6 is 0 Å². The van der Waals surface area contributed by atoms with E-state index >= 15 is 0 Å². The van der Waals surface area contributed by atoms with Gasteiger partial charge in [0.2, 0.25) is 0 Å². The van der Waals surface area contributed by atoms with Gasteiger partial charge in [0.25, 0.3) is 0 Å². The predicted octanol–water partition coefficient (Wildman–Crippen LogP) is 3.13. The number of pyridine rings is 1. The zero-order valence-electron chi connectivity index (χ0n) is 9.77. The summed E-state index contributed by atoms with van der Waals surface area (Å²) in [5.41, 5.74) is 2.41. The smallest absolute Gasteiger partial charge is 0.172 e. The molecule has 0 saturated carbocycles. The molecule has 1 aromatic carbocycles. The van der Waals surface area contributed by atoms with Gasteiger partial charge in [-0.25, -0.2) is 4.39 Å². The van der Waals surface area contributed by atoms with Crippen LogP contribution in [0.1, 0.15) is 34.0 Å². The van der Waals surface area contributed by atoms with Gasteiger partial charge in [0.1, 0.15) is 5.82 Å². The minimum Gasteiger partial charge on any atom is -0.293 e. The Morgan fingerprint density at radius 1 is 1.28 bits per heavy atom. The third-order valence-corrected chi connectivity index (χ3v) is 3.38. The SMILES string of the molecule is O=C(c1cccc(F)c1)C1CCc2cccnc21. The van der Waals surface area contributed by atoms with Gasteiger partial charge in [-0.05, 0) is 36.6 Å². The molecule has 1 aromatic heterocycles. The van der Waals surface area contributed by atoms with E-state index in [4.69, 9.17) is 0 Å². The van der Waals surface area contributed by atoms with Crippen LogP contribution in [0, 0.1) is 5.82 Å². The summed E-state index contributed by atoms with van der Waals surface area (Å²) in [5.74, 6) is -0.630. The number of ketones is 1. The van der Waals surface area contributed by atoms with E-state index in [0.717, 1.165) is 24.1 Å². The highest BCUT2D eigenvalue weighted by atomic mass is 19.1. The molecule has 3 rings (SSSR count). The molecule has 1 heterocycles. The zero-order chi connectivity index (χ0) is 12.5. The Balaban J connectivity index is 1.96. The average Bonchev–Trinajstić information content (AvgIpc) is 2.82. The maximum Gasteiger partial charge on any atom is 0.172 e. The van der Waals surface area contributed by atoms with E-state index in [-0.39, 0.29) is 17.5 Å². The number of benzene rings is 1. The second kappa shape index (κ2) is 4.33. The number of Topliss-reactive ketones (excluding diaryl/α,β-unsaturated/α-hetero) is 1. The van der Waals surface area contributed by atoms with E-state index in [1.165, 1.54) is 12.1 Å². The van der Waals surface area contributed by atoms with Crippen molar-refractivity contribution in [3.63, 3.8) is 0 Å². The van der Waals surface area contributed by atoms with Crippen molar-refractivity contribution in [2.75, 3.05) is 0 Å². The molecule has 90 valence electrons. The number of fused-ring (bicyclic) bond motifs is 1. The minimum absolute atomic E-state index is 0.0352. The molecule has 1 aliphatic carbocycles. The molecule has 0 bridgehead atoms. The highest BCUT2D eigenvalue weighted by molar-refractivity contribution is 6.01. The Labute approximate surface area is 104 Å². The van der Waals surface area contributed by atoms with Crippen molar-refractivity contribution >= 4 is 5.78 Å². The van der Waals surface area contributed by atoms with Crippen molar-refractivity contribution in [3.8, 4) is 0 Å². The lowest BCUT2D eigenvalue weighted by molar-refractivity contribution is 0.0957. The number of carbonyl (C=O) groups is 1. The van der Waals surface area contributed by atoms with Crippen LogP contribution in [0.2, 0.25) is 0 Å². The largest absolute Gasteiger partial charge is 0.293 e. The molecule has 1 unspecified atom stereocenters. The molecular formula is C15H12FNO. The average molecular weight is 241 g/mol. The van der Waals surface area contributed by atoms with E-state index in [2.05, 4.69) is 4.98 Å². The van der Waals surface area contributed by atoms with Gasteiger partial charge in [-0.15, -0.1) is 0 Å². The number of halogens is 1. The molecule has 1 atom stereocenters. The molecule has 0 N–H and O–H groups in total. The molecule has 0 fully saturated rings. The summed E-state index contributed by atoms with van der Waals surface area (Å²) in [6, 6.07) is 9.75. The lowest BCUT2D eigenvalue weighted by Gasteiger charge is -2.09. The monoisotopic (exact) mass is 241 g/mol. The zero-order valence-corrected chi connectivity index (χ0v) is 9.77. The van der Waals surface area contributed by atoms with Crippen LogP contribution in [0.15, 0.2) is 42.6 Å². The van der Waals surface area contributed by atoms with Gasteiger partial charge in [-0.1, -0.05) is 18.2 Å². The molecular weight excluding hydrogens is 229 g/mol. The van der Waals surface area contributed by atoms with E-state index in [1.54, 1.807) is 18.3 Å². The summed E-state index contributed by atoms with van der Waals surface area (Å²) in [4.78, 5) is 16.7. The first kappa shape index (κ1) is 11.1. The van der Waals surface area contributed by atoms with Crippen LogP contribution in [0.3, 0.4) is 0 Å². The van der Waals surface area contributed by atoms with Gasteiger partial charge in [0.05, 0.1) is 11.6 Å². The second-order valence-electron chi connectivity index (χ2n) is 4.51. The van der Waals surface area contributed by atoms with E-state index in [9.17, 15) is 9.18 Å². The lowest BCUT2D eigenvalue weighted by Crippen LogP contribution is -2.11. The lowest BCUT2D eigenvalue weighted by atomic mass is 9.95. The fraction of sp³-hybridized carbons (Fsp3) is 0.200. The quantitative estimate of drug-likeness (QED) is 0.756. The summed E-state index contributed by atoms with van der Waals surface area (Å²) in [7, 11) is 0. The third kappa shape index (κ3) is 1.82. The summed E-state index contributed by atoms with van der Waals surface area (Å²) in [6.45, 7) is 0. The van der Waals surface area contributed by atoms with E-state index in [1.807, 2.05) is 12.1 Å². The number of nitrogens with zero attached hydrogens (tertiary/aromatic N) is 1. The van der Waals surface area contributed by atoms with Gasteiger partial charge < -0.3 is 0 Å². The van der Waals surface area contributed by atoms with Crippen molar-refractivity contribution < 1.29 is 9.18 Å².